The van der Waals surface area contributed by atoms with Crippen LogP contribution in [0.4, 0.5) is 5.82 Å². The van der Waals surface area contributed by atoms with E-state index < -0.39 is 0 Å². The molecule has 3 rings (SSSR count). The van der Waals surface area contributed by atoms with Gasteiger partial charge < -0.3 is 5.73 Å². The molecule has 1 heterocycles. The highest BCUT2D eigenvalue weighted by atomic mass is 14.9. The molecule has 2 N–H and O–H groups in total. The lowest BCUT2D eigenvalue weighted by atomic mass is 10.0. The van der Waals surface area contributed by atoms with Crippen LogP contribution in [0.1, 0.15) is 5.69 Å². The summed E-state index contributed by atoms with van der Waals surface area (Å²) in [6, 6.07) is 20.2. The van der Waals surface area contributed by atoms with Gasteiger partial charge in [0.25, 0.3) is 0 Å². The summed E-state index contributed by atoms with van der Waals surface area (Å²) in [6.07, 6.45) is 0. The number of aryl methyl sites for hydroxylation is 1. The normalized spacial score (nSPS) is 10.4. The van der Waals surface area contributed by atoms with E-state index in [2.05, 4.69) is 34.2 Å². The minimum Gasteiger partial charge on any atom is -0.384 e. The summed E-state index contributed by atoms with van der Waals surface area (Å²) in [4.78, 5) is 8.69. The van der Waals surface area contributed by atoms with Gasteiger partial charge in [-0.15, -0.1) is 0 Å². The molecule has 0 saturated carbocycles. The maximum atomic E-state index is 5.77. The number of nitrogens with two attached hydrogens (primary N) is 1. The van der Waals surface area contributed by atoms with Crippen molar-refractivity contribution in [3.63, 3.8) is 0 Å². The zero-order valence-corrected chi connectivity index (χ0v) is 11.2. The summed E-state index contributed by atoms with van der Waals surface area (Å²) in [5, 5.41) is 0. The SMILES string of the molecule is Cc1cc(N)nc(-c2ccc(-c3ccccc3)cc2)n1. The zero-order chi connectivity index (χ0) is 13.9. The second-order valence-electron chi connectivity index (χ2n) is 4.70. The average Bonchev–Trinajstić information content (AvgIpc) is 2.47. The van der Waals surface area contributed by atoms with Gasteiger partial charge >= 0.3 is 0 Å². The van der Waals surface area contributed by atoms with Gasteiger partial charge in [-0.3, -0.25) is 0 Å². The van der Waals surface area contributed by atoms with Crippen molar-refractivity contribution in [2.24, 2.45) is 0 Å². The minimum atomic E-state index is 0.500. The fourth-order valence-corrected chi connectivity index (χ4v) is 2.16. The Morgan fingerprint density at radius 2 is 1.35 bits per heavy atom. The molecule has 0 amide bonds. The van der Waals surface area contributed by atoms with Crippen LogP contribution in [-0.4, -0.2) is 9.97 Å². The Balaban J connectivity index is 1.97. The zero-order valence-electron chi connectivity index (χ0n) is 11.2. The molecule has 0 radical (unpaired) electrons. The van der Waals surface area contributed by atoms with Crippen LogP contribution in [0.15, 0.2) is 60.7 Å². The van der Waals surface area contributed by atoms with Crippen molar-refractivity contribution in [2.45, 2.75) is 6.92 Å². The van der Waals surface area contributed by atoms with Gasteiger partial charge in [-0.1, -0.05) is 54.6 Å². The average molecular weight is 261 g/mol. The van der Waals surface area contributed by atoms with Crippen LogP contribution in [0.25, 0.3) is 22.5 Å². The molecule has 2 aromatic carbocycles. The van der Waals surface area contributed by atoms with Crippen LogP contribution in [-0.2, 0) is 0 Å². The van der Waals surface area contributed by atoms with Crippen molar-refractivity contribution in [3.8, 4) is 22.5 Å². The van der Waals surface area contributed by atoms with Crippen molar-refractivity contribution in [1.82, 2.24) is 9.97 Å². The minimum absolute atomic E-state index is 0.500. The van der Waals surface area contributed by atoms with Gasteiger partial charge in [0.1, 0.15) is 5.82 Å². The van der Waals surface area contributed by atoms with Gasteiger partial charge in [0.2, 0.25) is 0 Å². The van der Waals surface area contributed by atoms with Gasteiger partial charge in [0.05, 0.1) is 0 Å². The Kier molecular flexibility index (Phi) is 3.17. The molecule has 0 spiro atoms. The predicted molar refractivity (Wildman–Crippen MR) is 82.1 cm³/mol. The highest BCUT2D eigenvalue weighted by molar-refractivity contribution is 5.67. The molecule has 20 heavy (non-hydrogen) atoms. The second kappa shape index (κ2) is 5.13. The Hall–Kier alpha value is -2.68. The van der Waals surface area contributed by atoms with Crippen molar-refractivity contribution in [2.75, 3.05) is 5.73 Å². The summed E-state index contributed by atoms with van der Waals surface area (Å²) >= 11 is 0. The van der Waals surface area contributed by atoms with Gasteiger partial charge in [-0.25, -0.2) is 9.97 Å². The molecule has 0 bridgehead atoms. The lowest BCUT2D eigenvalue weighted by molar-refractivity contribution is 1.12. The van der Waals surface area contributed by atoms with Gasteiger partial charge in [-0.2, -0.15) is 0 Å². The van der Waals surface area contributed by atoms with E-state index in [0.29, 0.717) is 11.6 Å². The van der Waals surface area contributed by atoms with E-state index in [0.717, 1.165) is 11.3 Å². The van der Waals surface area contributed by atoms with E-state index in [1.807, 2.05) is 37.3 Å². The van der Waals surface area contributed by atoms with Gasteiger partial charge in [-0.05, 0) is 18.1 Å². The maximum Gasteiger partial charge on any atom is 0.161 e. The maximum absolute atomic E-state index is 5.77. The standard InChI is InChI=1S/C17H15N3/c1-12-11-16(18)20-17(19-12)15-9-7-14(8-10-15)13-5-3-2-4-6-13/h2-11H,1H3,(H2,18,19,20). The molecular formula is C17H15N3. The quantitative estimate of drug-likeness (QED) is 0.765. The Morgan fingerprint density at radius 1 is 0.750 bits per heavy atom. The first kappa shape index (κ1) is 12.4. The first-order valence-electron chi connectivity index (χ1n) is 6.49. The van der Waals surface area contributed by atoms with Crippen molar-refractivity contribution >= 4 is 5.82 Å². The van der Waals surface area contributed by atoms with Crippen LogP contribution in [0, 0.1) is 6.92 Å². The molecule has 0 atom stereocenters. The molecule has 3 nitrogen and oxygen atoms in total. The first-order chi connectivity index (χ1) is 9.72. The largest absolute Gasteiger partial charge is 0.384 e. The Labute approximate surface area is 118 Å². The number of hydrogen-bond acceptors (Lipinski definition) is 3. The third-order valence-corrected chi connectivity index (χ3v) is 3.12. The van der Waals surface area contributed by atoms with Crippen molar-refractivity contribution in [1.29, 1.82) is 0 Å². The highest BCUT2D eigenvalue weighted by Gasteiger charge is 2.04. The molecule has 0 aliphatic rings. The monoisotopic (exact) mass is 261 g/mol. The smallest absolute Gasteiger partial charge is 0.161 e. The van der Waals surface area contributed by atoms with Crippen LogP contribution < -0.4 is 5.73 Å². The van der Waals surface area contributed by atoms with Gasteiger partial charge in [0, 0.05) is 17.3 Å². The van der Waals surface area contributed by atoms with E-state index >= 15 is 0 Å². The van der Waals surface area contributed by atoms with E-state index in [1.165, 1.54) is 11.1 Å². The number of nitrogens with zero attached hydrogens (tertiary/aromatic N) is 2. The number of benzene rings is 2. The third-order valence-electron chi connectivity index (χ3n) is 3.12. The third kappa shape index (κ3) is 2.52. The lowest BCUT2D eigenvalue weighted by Crippen LogP contribution is -1.97. The molecular weight excluding hydrogens is 246 g/mol. The number of hydrogen-bond donors (Lipinski definition) is 1. The van der Waals surface area contributed by atoms with Crippen molar-refractivity contribution < 1.29 is 0 Å². The Bertz CT molecular complexity index is 699. The molecule has 3 aromatic rings. The number of nitrogen functional groups attached to an aromatic ring is 1. The summed E-state index contributed by atoms with van der Waals surface area (Å²) in [6.45, 7) is 1.92. The molecule has 1 aromatic heterocycles. The number of aromatic nitrogens is 2. The summed E-state index contributed by atoms with van der Waals surface area (Å²) in [7, 11) is 0. The van der Waals surface area contributed by atoms with E-state index in [1.54, 1.807) is 6.07 Å². The molecule has 0 aliphatic heterocycles. The van der Waals surface area contributed by atoms with E-state index in [4.69, 9.17) is 5.73 Å². The molecule has 98 valence electrons. The number of anilines is 1. The lowest BCUT2D eigenvalue weighted by Gasteiger charge is -2.05. The summed E-state index contributed by atoms with van der Waals surface area (Å²) in [5.74, 6) is 1.17. The second-order valence-corrected chi connectivity index (χ2v) is 4.70. The number of rotatable bonds is 2. The Morgan fingerprint density at radius 3 is 2.00 bits per heavy atom. The van der Waals surface area contributed by atoms with Crippen LogP contribution in [0.3, 0.4) is 0 Å². The molecule has 0 fully saturated rings. The van der Waals surface area contributed by atoms with E-state index in [-0.39, 0.29) is 0 Å². The highest BCUT2D eigenvalue weighted by Crippen LogP contribution is 2.23. The first-order valence-corrected chi connectivity index (χ1v) is 6.49. The summed E-state index contributed by atoms with van der Waals surface area (Å²) < 4.78 is 0. The molecule has 3 heteroatoms. The fourth-order valence-electron chi connectivity index (χ4n) is 2.16. The van der Waals surface area contributed by atoms with Crippen molar-refractivity contribution in [3.05, 3.63) is 66.4 Å². The predicted octanol–water partition coefficient (Wildman–Crippen LogP) is 3.70. The molecule has 0 aliphatic carbocycles. The van der Waals surface area contributed by atoms with Crippen LogP contribution in [0.5, 0.6) is 0 Å². The molecule has 0 unspecified atom stereocenters. The summed E-state index contributed by atoms with van der Waals surface area (Å²) in [5.41, 5.74) is 9.99. The fraction of sp³-hybridized carbons (Fsp3) is 0.0588. The van der Waals surface area contributed by atoms with Crippen LogP contribution >= 0.6 is 0 Å². The topological polar surface area (TPSA) is 51.8 Å². The van der Waals surface area contributed by atoms with E-state index in [9.17, 15) is 0 Å². The van der Waals surface area contributed by atoms with Crippen LogP contribution in [0.2, 0.25) is 0 Å². The van der Waals surface area contributed by atoms with Gasteiger partial charge in [0.15, 0.2) is 5.82 Å². The molecule has 0 saturated heterocycles.